The van der Waals surface area contributed by atoms with Crippen LogP contribution < -0.4 is 26.2 Å². The maximum atomic E-state index is 14.2. The first-order valence-electron chi connectivity index (χ1n) is 21.5. The number of hydrogen-bond acceptors (Lipinski definition) is 14. The quantitative estimate of drug-likeness (QED) is 0.190. The number of aromatic amines is 1. The van der Waals surface area contributed by atoms with E-state index >= 15 is 0 Å². The zero-order valence-electron chi connectivity index (χ0n) is 38.8. The molecule has 0 aromatic carbocycles. The molecule has 27 heteroatoms. The number of carbonyl (C=O) groups is 3. The van der Waals surface area contributed by atoms with Crippen molar-refractivity contribution in [3.63, 3.8) is 0 Å². The first-order valence-corrected chi connectivity index (χ1v) is 23.1. The summed E-state index contributed by atoms with van der Waals surface area (Å²) in [6, 6.07) is 0.564. The first-order chi connectivity index (χ1) is 31.7. The number of amides is 3. The van der Waals surface area contributed by atoms with Gasteiger partial charge in [-0.3, -0.25) is 14.4 Å². The summed E-state index contributed by atoms with van der Waals surface area (Å²) in [7, 11) is 0. The van der Waals surface area contributed by atoms with Gasteiger partial charge in [0.25, 0.3) is 11.1 Å². The second-order valence-corrected chi connectivity index (χ2v) is 19.2. The molecule has 3 amide bonds. The van der Waals surface area contributed by atoms with Crippen LogP contribution in [0.3, 0.4) is 0 Å². The smallest absolute Gasteiger partial charge is 0.436 e. The van der Waals surface area contributed by atoms with Gasteiger partial charge in [-0.1, -0.05) is 13.8 Å². The molecule has 0 aliphatic carbocycles. The Kier molecular flexibility index (Phi) is 15.2. The molecule has 7 rings (SSSR count). The number of ether oxygens (including phenoxy) is 2. The number of piperazine rings is 2. The molecule has 2 aliphatic rings. The Morgan fingerprint density at radius 3 is 1.75 bits per heavy atom. The number of nitrogens with zero attached hydrogens (tertiary/aromatic N) is 12. The highest BCUT2D eigenvalue weighted by Crippen LogP contribution is 2.32. The summed E-state index contributed by atoms with van der Waals surface area (Å²) >= 11 is 6.36. The third kappa shape index (κ3) is 11.7. The minimum Gasteiger partial charge on any atom is -0.444 e. The van der Waals surface area contributed by atoms with Crippen molar-refractivity contribution in [2.75, 3.05) is 67.5 Å². The first kappa shape index (κ1) is 51.5. The van der Waals surface area contributed by atoms with Crippen LogP contribution in [0.1, 0.15) is 78.2 Å². The maximum Gasteiger partial charge on any atom is 0.436 e. The normalized spacial score (nSPS) is 14.9. The molecule has 0 unspecified atom stereocenters. The zero-order chi connectivity index (χ0) is 50.2. The van der Waals surface area contributed by atoms with Gasteiger partial charge in [0.1, 0.15) is 29.1 Å². The third-order valence-corrected chi connectivity index (χ3v) is 11.2. The monoisotopic (exact) mass is 1090 g/mol. The predicted octanol–water partition coefficient (Wildman–Crippen LogP) is 5.57. The van der Waals surface area contributed by atoms with Gasteiger partial charge in [-0.05, 0) is 93.2 Å². The number of carbonyl (C=O) groups excluding carboxylic acids is 3. The minimum absolute atomic E-state index is 0.0449. The number of aromatic nitrogens is 9. The van der Waals surface area contributed by atoms with Crippen molar-refractivity contribution >= 4 is 78.6 Å². The van der Waals surface area contributed by atoms with Crippen molar-refractivity contribution < 1.29 is 41.4 Å². The summed E-state index contributed by atoms with van der Waals surface area (Å²) in [4.78, 5) is 86.2. The standard InChI is InChI=1S/C25H29BrF4N8O4.C16H23BrN6O3/c1-6-16-18(35-7-9-36(10-8-35)23(41)42-24(3,4)5)20(40)38-22(33-21(26)34-38)37(16)12-17(39)32-15-11-14(27)19(25(28,29)30)31-13(15)2;1-5-10-11(12(24)23-14(18-10)19-13(17)20-23)21-6-8-22(9-7-21)15(25)26-16(2,3)4/h11H,6-10,12H2,1-5H3,(H,32,39);5-9H2,1-4H3,(H,18,19,20). The number of halogens is 6. The lowest BCUT2D eigenvalue weighted by molar-refractivity contribution is -0.143. The molecule has 2 N–H and O–H groups in total. The number of rotatable bonds is 7. The molecule has 2 fully saturated rings. The highest BCUT2D eigenvalue weighted by atomic mass is 79.9. The molecular formula is C41H52Br2F4N14O7. The average molecular weight is 1090 g/mol. The van der Waals surface area contributed by atoms with Gasteiger partial charge in [-0.2, -0.15) is 32.2 Å². The maximum absolute atomic E-state index is 14.2. The molecule has 68 heavy (non-hydrogen) atoms. The second kappa shape index (κ2) is 20.0. The number of pyridine rings is 1. The van der Waals surface area contributed by atoms with Gasteiger partial charge in [0, 0.05) is 64.1 Å². The molecule has 0 saturated carbocycles. The summed E-state index contributed by atoms with van der Waals surface area (Å²) in [6.45, 7) is 18.6. The van der Waals surface area contributed by atoms with Crippen LogP contribution >= 0.6 is 31.9 Å². The van der Waals surface area contributed by atoms with E-state index in [9.17, 15) is 41.5 Å². The van der Waals surface area contributed by atoms with E-state index in [0.717, 1.165) is 10.2 Å². The molecule has 2 saturated heterocycles. The number of fused-ring (bicyclic) bond motifs is 2. The minimum atomic E-state index is -5.00. The molecule has 0 radical (unpaired) electrons. The molecule has 5 aromatic rings. The zero-order valence-corrected chi connectivity index (χ0v) is 42.0. The van der Waals surface area contributed by atoms with E-state index in [2.05, 4.69) is 67.3 Å². The highest BCUT2D eigenvalue weighted by Gasteiger charge is 2.37. The van der Waals surface area contributed by atoms with Gasteiger partial charge >= 0.3 is 18.4 Å². The Morgan fingerprint density at radius 2 is 1.25 bits per heavy atom. The summed E-state index contributed by atoms with van der Waals surface area (Å²) < 4.78 is 68.3. The molecule has 0 atom stereocenters. The van der Waals surface area contributed by atoms with Crippen LogP contribution in [0, 0.1) is 12.7 Å². The summed E-state index contributed by atoms with van der Waals surface area (Å²) in [5.41, 5.74) is -1.91. The Morgan fingerprint density at radius 1 is 0.750 bits per heavy atom. The molecule has 7 heterocycles. The van der Waals surface area contributed by atoms with Crippen molar-refractivity contribution in [2.24, 2.45) is 0 Å². The van der Waals surface area contributed by atoms with E-state index in [1.54, 1.807) is 42.4 Å². The van der Waals surface area contributed by atoms with Crippen molar-refractivity contribution in [2.45, 2.75) is 99.1 Å². The highest BCUT2D eigenvalue weighted by molar-refractivity contribution is 9.10. The van der Waals surface area contributed by atoms with E-state index in [0.29, 0.717) is 80.1 Å². The average Bonchev–Trinajstić information content (AvgIpc) is 3.83. The second-order valence-electron chi connectivity index (χ2n) is 17.8. The number of hydrogen-bond donors (Lipinski definition) is 2. The Labute approximate surface area is 403 Å². The topological polar surface area (TPSA) is 223 Å². The van der Waals surface area contributed by atoms with Crippen molar-refractivity contribution in [3.05, 3.63) is 64.8 Å². The van der Waals surface area contributed by atoms with Crippen LogP contribution in [0.15, 0.2) is 25.1 Å². The van der Waals surface area contributed by atoms with E-state index in [1.165, 1.54) is 16.0 Å². The van der Waals surface area contributed by atoms with Gasteiger partial charge in [-0.25, -0.2) is 19.0 Å². The molecule has 2 aliphatic heterocycles. The Hall–Kier alpha value is -5.86. The van der Waals surface area contributed by atoms with Crippen molar-refractivity contribution in [3.8, 4) is 0 Å². The van der Waals surface area contributed by atoms with Crippen LogP contribution in [-0.4, -0.2) is 135 Å². The van der Waals surface area contributed by atoms with E-state index in [4.69, 9.17) is 9.47 Å². The van der Waals surface area contributed by atoms with Crippen LogP contribution in [0.25, 0.3) is 11.6 Å². The van der Waals surface area contributed by atoms with E-state index in [-0.39, 0.29) is 52.3 Å². The fourth-order valence-electron chi connectivity index (χ4n) is 7.54. The van der Waals surface area contributed by atoms with Crippen LogP contribution in [0.2, 0.25) is 0 Å². The van der Waals surface area contributed by atoms with Gasteiger partial charge in [0.05, 0.1) is 17.1 Å². The van der Waals surface area contributed by atoms with Crippen molar-refractivity contribution in [1.29, 1.82) is 0 Å². The molecule has 5 aromatic heterocycles. The third-order valence-electron chi connectivity index (χ3n) is 10.5. The Balaban J connectivity index is 0.000000250. The van der Waals surface area contributed by atoms with Crippen LogP contribution in [0.4, 0.5) is 44.2 Å². The lowest BCUT2D eigenvalue weighted by atomic mass is 10.2. The van der Waals surface area contributed by atoms with E-state index in [1.807, 2.05) is 32.6 Å². The molecule has 0 spiro atoms. The molecule has 21 nitrogen and oxygen atoms in total. The fraction of sp³-hybridized carbons (Fsp3) is 0.561. The number of aryl methyl sites for hydroxylation is 2. The molecular weight excluding hydrogens is 1040 g/mol. The fourth-order valence-corrected chi connectivity index (χ4v) is 8.18. The van der Waals surface area contributed by atoms with Gasteiger partial charge in [0.2, 0.25) is 26.9 Å². The van der Waals surface area contributed by atoms with Gasteiger partial charge < -0.3 is 43.9 Å². The predicted molar refractivity (Wildman–Crippen MR) is 248 cm³/mol. The Bertz CT molecular complexity index is 2840. The lowest BCUT2D eigenvalue weighted by Gasteiger charge is -2.37. The number of alkyl halides is 3. The number of nitrogens with one attached hydrogen (secondary N) is 2. The van der Waals surface area contributed by atoms with Crippen LogP contribution in [-0.2, 0) is 39.8 Å². The summed E-state index contributed by atoms with van der Waals surface area (Å²) in [6.07, 6.45) is -4.83. The SMILES string of the molecule is CCc1[nH]c2nc(Br)nn2c(=O)c1N1CCN(C(=O)OC(C)(C)C)CC1.CCc1c(N2CCN(C(=O)OC(C)(C)C)CC2)c(=O)n2nc(Br)nc2n1CC(=O)Nc1cc(F)c(C(F)(F)F)nc1C. The van der Waals surface area contributed by atoms with E-state index < -0.39 is 53.0 Å². The lowest BCUT2D eigenvalue weighted by Crippen LogP contribution is -2.51. The van der Waals surface area contributed by atoms with Crippen molar-refractivity contribution in [1.82, 2.24) is 53.5 Å². The molecule has 0 bridgehead atoms. The van der Waals surface area contributed by atoms with Crippen LogP contribution in [0.5, 0.6) is 0 Å². The summed E-state index contributed by atoms with van der Waals surface area (Å²) in [5.74, 6) is -1.89. The van der Waals surface area contributed by atoms with Gasteiger partial charge in [0.15, 0.2) is 11.5 Å². The number of anilines is 3. The molecule has 370 valence electrons. The summed E-state index contributed by atoms with van der Waals surface area (Å²) in [5, 5.41) is 10.6. The number of H-pyrrole nitrogens is 1. The largest absolute Gasteiger partial charge is 0.444 e. The van der Waals surface area contributed by atoms with Gasteiger partial charge in [-0.15, -0.1) is 10.2 Å².